The van der Waals surface area contributed by atoms with E-state index in [0.29, 0.717) is 4.90 Å². The van der Waals surface area contributed by atoms with Gasteiger partial charge in [-0.25, -0.2) is 9.78 Å². The first kappa shape index (κ1) is 20.1. The summed E-state index contributed by atoms with van der Waals surface area (Å²) in [6.45, 7) is -0.184. The fourth-order valence-corrected chi connectivity index (χ4v) is 2.74. The Hall–Kier alpha value is -3.69. The lowest BCUT2D eigenvalue weighted by Crippen LogP contribution is -2.47. The fraction of sp³-hybridized carbons (Fsp3) is 0.158. The van der Waals surface area contributed by atoms with Crippen LogP contribution in [0.4, 0.5) is 23.8 Å². The van der Waals surface area contributed by atoms with E-state index in [0.717, 1.165) is 17.0 Å². The number of carbonyl (C=O) groups is 3. The Morgan fingerprint density at radius 2 is 1.86 bits per heavy atom. The van der Waals surface area contributed by atoms with Crippen molar-refractivity contribution in [2.45, 2.75) is 6.18 Å². The molecule has 0 saturated carbocycles. The van der Waals surface area contributed by atoms with Crippen LogP contribution in [0.25, 0.3) is 0 Å². The Balaban J connectivity index is 1.89. The van der Waals surface area contributed by atoms with Gasteiger partial charge >= 0.3 is 12.2 Å². The minimum Gasteiger partial charge on any atom is -0.355 e. The van der Waals surface area contributed by atoms with Crippen molar-refractivity contribution in [1.29, 1.82) is 0 Å². The van der Waals surface area contributed by atoms with Gasteiger partial charge in [-0.2, -0.15) is 13.2 Å². The summed E-state index contributed by atoms with van der Waals surface area (Å²) in [7, 11) is 1.45. The van der Waals surface area contributed by atoms with Crippen molar-refractivity contribution in [3.63, 3.8) is 0 Å². The normalized spacial score (nSPS) is 14.1. The lowest BCUT2D eigenvalue weighted by molar-refractivity contribution is -0.138. The maximum Gasteiger partial charge on any atom is 0.417 e. The van der Waals surface area contributed by atoms with Gasteiger partial charge in [0.2, 0.25) is 0 Å². The first-order chi connectivity index (χ1) is 13.7. The van der Waals surface area contributed by atoms with E-state index in [9.17, 15) is 27.6 Å². The molecule has 1 aromatic carbocycles. The number of rotatable bonds is 3. The SMILES string of the molecule is CNC(=O)c1ccc(N2C=CCN(C(=O)c3ccccc3C(F)(F)F)C2=O)nc1. The van der Waals surface area contributed by atoms with Crippen molar-refractivity contribution in [1.82, 2.24) is 15.2 Å². The Labute approximate surface area is 163 Å². The zero-order valence-electron chi connectivity index (χ0n) is 15.1. The number of alkyl halides is 3. The van der Waals surface area contributed by atoms with E-state index in [1.165, 1.54) is 49.8 Å². The molecule has 0 atom stereocenters. The molecule has 1 aliphatic rings. The number of pyridine rings is 1. The molecule has 2 aromatic rings. The first-order valence-electron chi connectivity index (χ1n) is 8.40. The van der Waals surface area contributed by atoms with Crippen LogP contribution in [-0.4, -0.2) is 41.3 Å². The Kier molecular flexibility index (Phi) is 5.35. The lowest BCUT2D eigenvalue weighted by atomic mass is 10.1. The third-order valence-corrected chi connectivity index (χ3v) is 4.17. The molecule has 3 rings (SSSR count). The minimum atomic E-state index is -4.74. The molecule has 0 fully saturated rings. The van der Waals surface area contributed by atoms with Gasteiger partial charge in [0.1, 0.15) is 5.82 Å². The van der Waals surface area contributed by atoms with Gasteiger partial charge in [-0.15, -0.1) is 0 Å². The number of hydrogen-bond donors (Lipinski definition) is 1. The number of aromatic nitrogens is 1. The highest BCUT2D eigenvalue weighted by Gasteiger charge is 2.38. The molecule has 0 aliphatic carbocycles. The van der Waals surface area contributed by atoms with Gasteiger partial charge in [0.15, 0.2) is 0 Å². The average Bonchev–Trinajstić information content (AvgIpc) is 2.72. The van der Waals surface area contributed by atoms with E-state index < -0.39 is 29.2 Å². The smallest absolute Gasteiger partial charge is 0.355 e. The van der Waals surface area contributed by atoms with Gasteiger partial charge in [-0.3, -0.25) is 19.4 Å². The van der Waals surface area contributed by atoms with E-state index in [2.05, 4.69) is 10.3 Å². The molecule has 150 valence electrons. The fourth-order valence-electron chi connectivity index (χ4n) is 2.74. The highest BCUT2D eigenvalue weighted by molar-refractivity contribution is 6.10. The predicted molar refractivity (Wildman–Crippen MR) is 97.1 cm³/mol. The molecule has 7 nitrogen and oxygen atoms in total. The van der Waals surface area contributed by atoms with Crippen LogP contribution in [0.3, 0.4) is 0 Å². The summed E-state index contributed by atoms with van der Waals surface area (Å²) in [4.78, 5) is 42.8. The van der Waals surface area contributed by atoms with Gasteiger partial charge in [-0.05, 0) is 30.3 Å². The number of hydrogen-bond acceptors (Lipinski definition) is 4. The number of amides is 4. The monoisotopic (exact) mass is 404 g/mol. The van der Waals surface area contributed by atoms with Crippen LogP contribution in [0.1, 0.15) is 26.3 Å². The van der Waals surface area contributed by atoms with Crippen molar-refractivity contribution in [3.05, 3.63) is 71.6 Å². The summed E-state index contributed by atoms with van der Waals surface area (Å²) >= 11 is 0. The standard InChI is InChI=1S/C19H15F3N4O3/c1-23-16(27)12-7-8-15(24-11-12)25-9-4-10-26(18(25)29)17(28)13-5-2-3-6-14(13)19(20,21)22/h2-9,11H,10H2,1H3,(H,23,27). The quantitative estimate of drug-likeness (QED) is 0.853. The third-order valence-electron chi connectivity index (χ3n) is 4.17. The van der Waals surface area contributed by atoms with Gasteiger partial charge in [0.05, 0.1) is 23.2 Å². The van der Waals surface area contributed by atoms with Crippen molar-refractivity contribution in [2.75, 3.05) is 18.5 Å². The minimum absolute atomic E-state index is 0.112. The number of carbonyl (C=O) groups excluding carboxylic acids is 3. The molecule has 29 heavy (non-hydrogen) atoms. The summed E-state index contributed by atoms with van der Waals surface area (Å²) in [6.07, 6.45) is -0.680. The lowest BCUT2D eigenvalue weighted by Gasteiger charge is -2.30. The molecule has 0 bridgehead atoms. The first-order valence-corrected chi connectivity index (χ1v) is 8.40. The molecule has 0 saturated heterocycles. The maximum atomic E-state index is 13.2. The summed E-state index contributed by atoms with van der Waals surface area (Å²) in [5, 5.41) is 2.43. The summed E-state index contributed by atoms with van der Waals surface area (Å²) in [5.74, 6) is -1.33. The second kappa shape index (κ2) is 7.74. The Bertz CT molecular complexity index is 987. The number of imide groups is 1. The van der Waals surface area contributed by atoms with E-state index in [4.69, 9.17) is 0 Å². The van der Waals surface area contributed by atoms with Crippen LogP contribution in [0.5, 0.6) is 0 Å². The number of anilines is 1. The molecule has 0 radical (unpaired) electrons. The van der Waals surface area contributed by atoms with Crippen molar-refractivity contribution in [3.8, 4) is 0 Å². The Morgan fingerprint density at radius 1 is 1.14 bits per heavy atom. The van der Waals surface area contributed by atoms with Gasteiger partial charge in [0.25, 0.3) is 11.8 Å². The van der Waals surface area contributed by atoms with Gasteiger partial charge in [0, 0.05) is 19.4 Å². The molecule has 4 amide bonds. The summed E-state index contributed by atoms with van der Waals surface area (Å²) in [6, 6.07) is 6.25. The zero-order valence-corrected chi connectivity index (χ0v) is 15.1. The van der Waals surface area contributed by atoms with Crippen LogP contribution in [0.2, 0.25) is 0 Å². The third kappa shape index (κ3) is 3.96. The maximum absolute atomic E-state index is 13.2. The molecule has 10 heteroatoms. The van der Waals surface area contributed by atoms with Crippen LogP contribution in [0.15, 0.2) is 54.9 Å². The number of urea groups is 1. The number of nitrogens with zero attached hydrogens (tertiary/aromatic N) is 3. The summed E-state index contributed by atoms with van der Waals surface area (Å²) in [5.41, 5.74) is -1.48. The van der Waals surface area contributed by atoms with Crippen molar-refractivity contribution in [2.24, 2.45) is 0 Å². The van der Waals surface area contributed by atoms with Gasteiger partial charge < -0.3 is 5.32 Å². The van der Waals surface area contributed by atoms with Gasteiger partial charge in [-0.1, -0.05) is 12.1 Å². The van der Waals surface area contributed by atoms with E-state index in [-0.39, 0.29) is 23.8 Å². The number of nitrogens with one attached hydrogen (secondary N) is 1. The van der Waals surface area contributed by atoms with Crippen molar-refractivity contribution < 1.29 is 27.6 Å². The molecular formula is C19H15F3N4O3. The van der Waals surface area contributed by atoms with E-state index in [1.807, 2.05) is 0 Å². The molecule has 0 unspecified atom stereocenters. The second-order valence-electron chi connectivity index (χ2n) is 5.98. The summed E-state index contributed by atoms with van der Waals surface area (Å²) < 4.78 is 39.7. The number of benzene rings is 1. The molecule has 1 aromatic heterocycles. The van der Waals surface area contributed by atoms with Crippen LogP contribution < -0.4 is 10.2 Å². The van der Waals surface area contributed by atoms with Crippen LogP contribution in [0, 0.1) is 0 Å². The topological polar surface area (TPSA) is 82.6 Å². The van der Waals surface area contributed by atoms with Crippen LogP contribution in [-0.2, 0) is 6.18 Å². The van der Waals surface area contributed by atoms with Crippen LogP contribution >= 0.6 is 0 Å². The molecule has 2 heterocycles. The zero-order chi connectivity index (χ0) is 21.2. The number of halogens is 3. The predicted octanol–water partition coefficient (Wildman–Crippen LogP) is 3.06. The van der Waals surface area contributed by atoms with E-state index in [1.54, 1.807) is 0 Å². The molecular weight excluding hydrogens is 389 g/mol. The highest BCUT2D eigenvalue weighted by Crippen LogP contribution is 2.32. The highest BCUT2D eigenvalue weighted by atomic mass is 19.4. The molecule has 1 N–H and O–H groups in total. The molecule has 1 aliphatic heterocycles. The van der Waals surface area contributed by atoms with Crippen molar-refractivity contribution >= 4 is 23.7 Å². The van der Waals surface area contributed by atoms with E-state index >= 15 is 0 Å². The Morgan fingerprint density at radius 3 is 2.48 bits per heavy atom. The largest absolute Gasteiger partial charge is 0.417 e. The molecule has 0 spiro atoms. The average molecular weight is 404 g/mol. The second-order valence-corrected chi connectivity index (χ2v) is 5.98.